The van der Waals surface area contributed by atoms with E-state index in [1.807, 2.05) is 18.0 Å². The number of nitrogens with zero attached hydrogens (tertiary/aromatic N) is 2. The molecule has 2 amide bonds. The molecule has 134 valence electrons. The first-order chi connectivity index (χ1) is 12.1. The number of hydrogen-bond donors (Lipinski definition) is 4. The Morgan fingerprint density at radius 1 is 1.48 bits per heavy atom. The van der Waals surface area contributed by atoms with Crippen molar-refractivity contribution in [3.05, 3.63) is 24.0 Å². The van der Waals surface area contributed by atoms with Gasteiger partial charge in [0, 0.05) is 37.4 Å². The van der Waals surface area contributed by atoms with E-state index in [2.05, 4.69) is 20.7 Å². The fraction of sp³-hybridized carbons (Fsp3) is 0.471. The van der Waals surface area contributed by atoms with E-state index in [-0.39, 0.29) is 11.8 Å². The van der Waals surface area contributed by atoms with E-state index < -0.39 is 5.91 Å². The van der Waals surface area contributed by atoms with Crippen LogP contribution in [-0.4, -0.2) is 46.4 Å². The van der Waals surface area contributed by atoms with Gasteiger partial charge in [0.2, 0.25) is 5.91 Å². The van der Waals surface area contributed by atoms with Crippen LogP contribution in [0.4, 0.5) is 5.69 Å². The van der Waals surface area contributed by atoms with Gasteiger partial charge in [-0.3, -0.25) is 9.59 Å². The highest BCUT2D eigenvalue weighted by Crippen LogP contribution is 2.27. The minimum absolute atomic E-state index is 0.0617. The Labute approximate surface area is 146 Å². The van der Waals surface area contributed by atoms with Crippen LogP contribution >= 0.6 is 0 Å². The average molecular weight is 344 g/mol. The molecule has 3 rings (SSSR count). The molecule has 2 aromatic heterocycles. The van der Waals surface area contributed by atoms with Crippen molar-refractivity contribution >= 4 is 28.5 Å². The van der Waals surface area contributed by atoms with E-state index in [0.29, 0.717) is 30.0 Å². The summed E-state index contributed by atoms with van der Waals surface area (Å²) in [6.45, 7) is 4.11. The second kappa shape index (κ2) is 7.52. The molecule has 2 aromatic rings. The molecule has 5 N–H and O–H groups in total. The van der Waals surface area contributed by atoms with Gasteiger partial charge < -0.3 is 21.5 Å². The van der Waals surface area contributed by atoms with Gasteiger partial charge in [0.25, 0.3) is 5.91 Å². The molecule has 1 unspecified atom stereocenters. The molecule has 25 heavy (non-hydrogen) atoms. The molecule has 0 aromatic carbocycles. The van der Waals surface area contributed by atoms with Crippen molar-refractivity contribution in [2.75, 3.05) is 25.1 Å². The van der Waals surface area contributed by atoms with Gasteiger partial charge in [-0.25, -0.2) is 9.99 Å². The monoisotopic (exact) mass is 344 g/mol. The van der Waals surface area contributed by atoms with Crippen molar-refractivity contribution in [1.82, 2.24) is 20.3 Å². The highest BCUT2D eigenvalue weighted by Gasteiger charge is 2.26. The lowest BCUT2D eigenvalue weighted by Gasteiger charge is -2.33. The van der Waals surface area contributed by atoms with Crippen molar-refractivity contribution in [1.29, 1.82) is 0 Å². The van der Waals surface area contributed by atoms with E-state index in [9.17, 15) is 9.59 Å². The minimum Gasteiger partial charge on any atom is -0.365 e. The summed E-state index contributed by atoms with van der Waals surface area (Å²) in [5.41, 5.74) is 10.4. The number of nitrogens with two attached hydrogens (primary N) is 1. The molecule has 0 aliphatic carbocycles. The number of nitrogens with one attached hydrogen (secondary N) is 3. The van der Waals surface area contributed by atoms with Crippen LogP contribution < -0.4 is 16.5 Å². The highest BCUT2D eigenvalue weighted by atomic mass is 16.2. The molecule has 8 nitrogen and oxygen atoms in total. The minimum atomic E-state index is -0.535. The Morgan fingerprint density at radius 3 is 3.08 bits per heavy atom. The average Bonchev–Trinajstić information content (AvgIpc) is 3.09. The summed E-state index contributed by atoms with van der Waals surface area (Å²) in [6.07, 6.45) is 5.94. The number of carbonyl (C=O) groups is 2. The molecule has 8 heteroatoms. The third-order valence-electron chi connectivity index (χ3n) is 4.46. The second-order valence-electron chi connectivity index (χ2n) is 6.34. The zero-order valence-electron chi connectivity index (χ0n) is 14.3. The Morgan fingerprint density at radius 2 is 2.32 bits per heavy atom. The topological polar surface area (TPSA) is 116 Å². The van der Waals surface area contributed by atoms with Crippen LogP contribution in [0.25, 0.3) is 11.0 Å². The molecule has 1 fully saturated rings. The number of H-pyrrole nitrogens is 1. The van der Waals surface area contributed by atoms with Crippen LogP contribution in [-0.2, 0) is 4.79 Å². The number of rotatable bonds is 6. The van der Waals surface area contributed by atoms with Gasteiger partial charge in [-0.2, -0.15) is 0 Å². The van der Waals surface area contributed by atoms with Crippen molar-refractivity contribution in [2.24, 2.45) is 11.7 Å². The lowest BCUT2D eigenvalue weighted by molar-refractivity contribution is -0.126. The van der Waals surface area contributed by atoms with Crippen LogP contribution in [0, 0.1) is 5.92 Å². The van der Waals surface area contributed by atoms with Gasteiger partial charge in [-0.15, -0.1) is 0 Å². The van der Waals surface area contributed by atoms with Crippen molar-refractivity contribution < 1.29 is 9.59 Å². The van der Waals surface area contributed by atoms with E-state index in [1.165, 1.54) is 6.20 Å². The SMILES string of the molecule is CCCNC(=O)C1CCCN(Nc2c(C(N)=O)cnc3[nH]ccc23)C1. The predicted molar refractivity (Wildman–Crippen MR) is 95.8 cm³/mol. The molecular weight excluding hydrogens is 320 g/mol. The van der Waals surface area contributed by atoms with Gasteiger partial charge in [0.15, 0.2) is 0 Å². The van der Waals surface area contributed by atoms with Crippen LogP contribution in [0.3, 0.4) is 0 Å². The fourth-order valence-electron chi connectivity index (χ4n) is 3.16. The van der Waals surface area contributed by atoms with E-state index in [4.69, 9.17) is 5.73 Å². The van der Waals surface area contributed by atoms with Crippen LogP contribution in [0.15, 0.2) is 18.5 Å². The number of fused-ring (bicyclic) bond motifs is 1. The number of anilines is 1. The van der Waals surface area contributed by atoms with E-state index >= 15 is 0 Å². The summed E-state index contributed by atoms with van der Waals surface area (Å²) >= 11 is 0. The molecule has 1 atom stereocenters. The summed E-state index contributed by atoms with van der Waals surface area (Å²) in [7, 11) is 0. The number of piperidine rings is 1. The fourth-order valence-corrected chi connectivity index (χ4v) is 3.16. The Hall–Kier alpha value is -2.61. The Balaban J connectivity index is 1.78. The van der Waals surface area contributed by atoms with Crippen molar-refractivity contribution in [2.45, 2.75) is 26.2 Å². The van der Waals surface area contributed by atoms with Crippen molar-refractivity contribution in [3.8, 4) is 0 Å². The van der Waals surface area contributed by atoms with Crippen LogP contribution in [0.5, 0.6) is 0 Å². The van der Waals surface area contributed by atoms with Gasteiger partial charge in [-0.05, 0) is 25.3 Å². The first-order valence-electron chi connectivity index (χ1n) is 8.65. The summed E-state index contributed by atoms with van der Waals surface area (Å²) in [5.74, 6) is -0.509. The molecule has 0 radical (unpaired) electrons. The normalized spacial score (nSPS) is 18.2. The maximum absolute atomic E-state index is 12.2. The zero-order chi connectivity index (χ0) is 17.8. The third kappa shape index (κ3) is 3.74. The zero-order valence-corrected chi connectivity index (χ0v) is 14.3. The van der Waals surface area contributed by atoms with Crippen LogP contribution in [0.1, 0.15) is 36.5 Å². The molecule has 0 bridgehead atoms. The maximum atomic E-state index is 12.2. The quantitative estimate of drug-likeness (QED) is 0.629. The first-order valence-corrected chi connectivity index (χ1v) is 8.65. The summed E-state index contributed by atoms with van der Waals surface area (Å²) in [4.78, 5) is 31.3. The number of primary amides is 1. The summed E-state index contributed by atoms with van der Waals surface area (Å²) < 4.78 is 0. The number of carbonyl (C=O) groups excluding carboxylic acids is 2. The van der Waals surface area contributed by atoms with Crippen LogP contribution in [0.2, 0.25) is 0 Å². The molecule has 1 aliphatic rings. The highest BCUT2D eigenvalue weighted by molar-refractivity contribution is 6.05. The number of pyridine rings is 1. The number of aromatic nitrogens is 2. The smallest absolute Gasteiger partial charge is 0.252 e. The van der Waals surface area contributed by atoms with Crippen molar-refractivity contribution in [3.63, 3.8) is 0 Å². The standard InChI is InChI=1S/C17H24N6O2/c1-2-6-20-17(25)11-4-3-8-23(10-11)22-14-12-5-7-19-16(12)21-9-13(14)15(18)24/h5,7,9,11H,2-4,6,8,10H2,1H3,(H2,18,24)(H,20,25)(H2,19,21,22). The third-order valence-corrected chi connectivity index (χ3v) is 4.46. The van der Waals surface area contributed by atoms with Gasteiger partial charge >= 0.3 is 0 Å². The number of hydrogen-bond acceptors (Lipinski definition) is 5. The predicted octanol–water partition coefficient (Wildman–Crippen LogP) is 1.23. The second-order valence-corrected chi connectivity index (χ2v) is 6.34. The number of amides is 2. The number of hydrazine groups is 1. The lowest BCUT2D eigenvalue weighted by Crippen LogP contribution is -2.45. The number of aromatic amines is 1. The largest absolute Gasteiger partial charge is 0.365 e. The Bertz CT molecular complexity index is 772. The molecule has 1 aliphatic heterocycles. The molecule has 1 saturated heterocycles. The molecule has 0 spiro atoms. The van der Waals surface area contributed by atoms with Gasteiger partial charge in [-0.1, -0.05) is 6.92 Å². The summed E-state index contributed by atoms with van der Waals surface area (Å²) in [5, 5.41) is 5.74. The Kier molecular flexibility index (Phi) is 5.18. The van der Waals surface area contributed by atoms with Gasteiger partial charge in [0.05, 0.1) is 17.2 Å². The van der Waals surface area contributed by atoms with E-state index in [1.54, 1.807) is 6.20 Å². The maximum Gasteiger partial charge on any atom is 0.252 e. The molecular formula is C17H24N6O2. The van der Waals surface area contributed by atoms with Gasteiger partial charge in [0.1, 0.15) is 5.65 Å². The summed E-state index contributed by atoms with van der Waals surface area (Å²) in [6, 6.07) is 1.85. The lowest BCUT2D eigenvalue weighted by atomic mass is 9.98. The first kappa shape index (κ1) is 17.2. The van der Waals surface area contributed by atoms with E-state index in [0.717, 1.165) is 31.2 Å². The molecule has 0 saturated carbocycles. The molecule has 3 heterocycles.